The van der Waals surface area contributed by atoms with Crippen LogP contribution in [0.2, 0.25) is 0 Å². The molecule has 2 rings (SSSR count). The molecule has 1 aromatic rings. The summed E-state index contributed by atoms with van der Waals surface area (Å²) in [4.78, 5) is 12.0. The molecule has 0 amide bonds. The molecule has 1 aliphatic heterocycles. The largest absolute Gasteiger partial charge is 0.454 e. The zero-order valence-electron chi connectivity index (χ0n) is 10.6. The second kappa shape index (κ2) is 6.24. The van der Waals surface area contributed by atoms with Crippen molar-refractivity contribution in [3.8, 4) is 11.5 Å². The molecule has 0 saturated heterocycles. The highest BCUT2D eigenvalue weighted by atomic mass is 16.7. The summed E-state index contributed by atoms with van der Waals surface area (Å²) >= 11 is 0. The molecule has 18 heavy (non-hydrogen) atoms. The fourth-order valence-electron chi connectivity index (χ4n) is 1.88. The minimum atomic E-state index is 0.165. The van der Waals surface area contributed by atoms with E-state index in [0.29, 0.717) is 17.7 Å². The molecule has 0 radical (unpaired) electrons. The quantitative estimate of drug-likeness (QED) is 0.436. The lowest BCUT2D eigenvalue weighted by molar-refractivity contribution is 0.0980. The van der Waals surface area contributed by atoms with Crippen molar-refractivity contribution in [3.05, 3.63) is 35.9 Å². The van der Waals surface area contributed by atoms with E-state index >= 15 is 0 Å². The van der Waals surface area contributed by atoms with Gasteiger partial charge in [0.25, 0.3) is 0 Å². The lowest BCUT2D eigenvalue weighted by Crippen LogP contribution is -1.98. The standard InChI is InChI=1S/C15H18O3/c1-2-3-4-5-6-7-13(16)12-8-9-14-15(10-12)18-11-17-14/h3-4,8-10H,2,5-7,11H2,1H3/b4-3-. The topological polar surface area (TPSA) is 35.5 Å². The highest BCUT2D eigenvalue weighted by Crippen LogP contribution is 2.32. The minimum Gasteiger partial charge on any atom is -0.454 e. The third kappa shape index (κ3) is 3.13. The Balaban J connectivity index is 1.87. The van der Waals surface area contributed by atoms with E-state index in [-0.39, 0.29) is 12.6 Å². The van der Waals surface area contributed by atoms with Crippen molar-refractivity contribution < 1.29 is 14.3 Å². The summed E-state index contributed by atoms with van der Waals surface area (Å²) in [7, 11) is 0. The van der Waals surface area contributed by atoms with Crippen LogP contribution in [0, 0.1) is 0 Å². The van der Waals surface area contributed by atoms with E-state index < -0.39 is 0 Å². The van der Waals surface area contributed by atoms with Gasteiger partial charge in [0.2, 0.25) is 6.79 Å². The number of ether oxygens (including phenoxy) is 2. The lowest BCUT2D eigenvalue weighted by atomic mass is 10.0. The van der Waals surface area contributed by atoms with Crippen LogP contribution in [0.15, 0.2) is 30.4 Å². The van der Waals surface area contributed by atoms with Gasteiger partial charge in [0.15, 0.2) is 17.3 Å². The third-order valence-corrected chi connectivity index (χ3v) is 2.87. The summed E-state index contributed by atoms with van der Waals surface area (Å²) in [5.74, 6) is 1.56. The van der Waals surface area contributed by atoms with E-state index in [0.717, 1.165) is 25.0 Å². The number of carbonyl (C=O) groups is 1. The van der Waals surface area contributed by atoms with Gasteiger partial charge in [-0.25, -0.2) is 0 Å². The lowest BCUT2D eigenvalue weighted by Gasteiger charge is -2.01. The van der Waals surface area contributed by atoms with Crippen molar-refractivity contribution in [2.75, 3.05) is 6.79 Å². The number of rotatable bonds is 6. The first-order chi connectivity index (χ1) is 8.81. The molecule has 3 heteroatoms. The zero-order chi connectivity index (χ0) is 12.8. The average Bonchev–Trinajstić information content (AvgIpc) is 2.85. The molecule has 0 bridgehead atoms. The number of unbranched alkanes of at least 4 members (excludes halogenated alkanes) is 1. The van der Waals surface area contributed by atoms with Gasteiger partial charge in [-0.2, -0.15) is 0 Å². The third-order valence-electron chi connectivity index (χ3n) is 2.87. The molecule has 0 unspecified atom stereocenters. The molecule has 0 N–H and O–H groups in total. The minimum absolute atomic E-state index is 0.165. The first-order valence-electron chi connectivity index (χ1n) is 6.39. The molecule has 3 nitrogen and oxygen atoms in total. The van der Waals surface area contributed by atoms with E-state index in [9.17, 15) is 4.79 Å². The fraction of sp³-hybridized carbons (Fsp3) is 0.400. The Labute approximate surface area is 107 Å². The molecule has 1 aliphatic rings. The molecule has 0 aromatic heterocycles. The van der Waals surface area contributed by atoms with Gasteiger partial charge in [-0.05, 0) is 37.5 Å². The Hall–Kier alpha value is -1.77. The summed E-state index contributed by atoms with van der Waals surface area (Å²) in [5, 5.41) is 0. The second-order valence-corrected chi connectivity index (χ2v) is 4.26. The summed E-state index contributed by atoms with van der Waals surface area (Å²) < 4.78 is 10.5. The summed E-state index contributed by atoms with van der Waals surface area (Å²) in [6.07, 6.45) is 7.75. The molecule has 0 saturated carbocycles. The second-order valence-electron chi connectivity index (χ2n) is 4.26. The highest BCUT2D eigenvalue weighted by Gasteiger charge is 2.15. The van der Waals surface area contributed by atoms with Crippen molar-refractivity contribution in [1.82, 2.24) is 0 Å². The molecular formula is C15H18O3. The van der Waals surface area contributed by atoms with Gasteiger partial charge in [-0.1, -0.05) is 19.1 Å². The number of benzene rings is 1. The van der Waals surface area contributed by atoms with Crippen molar-refractivity contribution in [3.63, 3.8) is 0 Å². The molecule has 1 heterocycles. The number of hydrogen-bond acceptors (Lipinski definition) is 3. The van der Waals surface area contributed by atoms with E-state index in [1.165, 1.54) is 0 Å². The average molecular weight is 246 g/mol. The Bertz CT molecular complexity index is 449. The van der Waals surface area contributed by atoms with Gasteiger partial charge in [0.05, 0.1) is 0 Å². The molecule has 0 spiro atoms. The van der Waals surface area contributed by atoms with Crippen LogP contribution in [0.25, 0.3) is 0 Å². The van der Waals surface area contributed by atoms with E-state index in [1.807, 2.05) is 0 Å². The highest BCUT2D eigenvalue weighted by molar-refractivity contribution is 5.96. The SMILES string of the molecule is CC/C=C\CCCC(=O)c1ccc2c(c1)OCO2. The maximum atomic E-state index is 12.0. The van der Waals surface area contributed by atoms with Gasteiger partial charge in [-0.3, -0.25) is 4.79 Å². The zero-order valence-corrected chi connectivity index (χ0v) is 10.6. The molecular weight excluding hydrogens is 228 g/mol. The maximum Gasteiger partial charge on any atom is 0.231 e. The van der Waals surface area contributed by atoms with E-state index in [1.54, 1.807) is 18.2 Å². The summed E-state index contributed by atoms with van der Waals surface area (Å²) in [6.45, 7) is 2.35. The van der Waals surface area contributed by atoms with Gasteiger partial charge in [-0.15, -0.1) is 0 Å². The smallest absolute Gasteiger partial charge is 0.231 e. The summed E-state index contributed by atoms with van der Waals surface area (Å²) in [5.41, 5.74) is 0.707. The fourth-order valence-corrected chi connectivity index (χ4v) is 1.88. The van der Waals surface area contributed by atoms with Crippen LogP contribution < -0.4 is 9.47 Å². The predicted molar refractivity (Wildman–Crippen MR) is 70.2 cm³/mol. The van der Waals surface area contributed by atoms with Crippen LogP contribution in [0.1, 0.15) is 43.0 Å². The van der Waals surface area contributed by atoms with Crippen LogP contribution in [0.3, 0.4) is 0 Å². The Morgan fingerprint density at radius 3 is 2.94 bits per heavy atom. The van der Waals surface area contributed by atoms with Gasteiger partial charge >= 0.3 is 0 Å². The molecule has 0 fully saturated rings. The number of allylic oxidation sites excluding steroid dienone is 2. The van der Waals surface area contributed by atoms with Crippen molar-refractivity contribution in [1.29, 1.82) is 0 Å². The van der Waals surface area contributed by atoms with Crippen molar-refractivity contribution in [2.45, 2.75) is 32.6 Å². The molecule has 0 atom stereocenters. The number of hydrogen-bond donors (Lipinski definition) is 0. The van der Waals surface area contributed by atoms with Crippen LogP contribution in [0.4, 0.5) is 0 Å². The van der Waals surface area contributed by atoms with Crippen molar-refractivity contribution >= 4 is 5.78 Å². The van der Waals surface area contributed by atoms with Gasteiger partial charge in [0.1, 0.15) is 0 Å². The first kappa shape index (κ1) is 12.7. The Morgan fingerprint density at radius 2 is 2.11 bits per heavy atom. The monoisotopic (exact) mass is 246 g/mol. The number of Topliss-reactive ketones (excluding diaryl/α,β-unsaturated/α-hetero) is 1. The van der Waals surface area contributed by atoms with Crippen molar-refractivity contribution in [2.24, 2.45) is 0 Å². The maximum absolute atomic E-state index is 12.0. The van der Waals surface area contributed by atoms with Crippen LogP contribution >= 0.6 is 0 Å². The van der Waals surface area contributed by atoms with Gasteiger partial charge in [0, 0.05) is 12.0 Å². The van der Waals surface area contributed by atoms with E-state index in [4.69, 9.17) is 9.47 Å². The number of carbonyl (C=O) groups excluding carboxylic acids is 1. The van der Waals surface area contributed by atoms with Crippen LogP contribution in [-0.4, -0.2) is 12.6 Å². The summed E-state index contributed by atoms with van der Waals surface area (Å²) in [6, 6.07) is 5.37. The normalized spacial score (nSPS) is 13.2. The number of ketones is 1. The Kier molecular flexibility index (Phi) is 4.40. The van der Waals surface area contributed by atoms with E-state index in [2.05, 4.69) is 19.1 Å². The van der Waals surface area contributed by atoms with Crippen LogP contribution in [-0.2, 0) is 0 Å². The molecule has 0 aliphatic carbocycles. The molecule has 96 valence electrons. The van der Waals surface area contributed by atoms with Crippen LogP contribution in [0.5, 0.6) is 11.5 Å². The predicted octanol–water partition coefficient (Wildman–Crippen LogP) is 3.73. The first-order valence-corrected chi connectivity index (χ1v) is 6.39. The van der Waals surface area contributed by atoms with Gasteiger partial charge < -0.3 is 9.47 Å². The number of fused-ring (bicyclic) bond motifs is 1. The molecule has 1 aromatic carbocycles. The Morgan fingerprint density at radius 1 is 1.28 bits per heavy atom.